The van der Waals surface area contributed by atoms with Crippen LogP contribution in [0.4, 0.5) is 0 Å². The van der Waals surface area contributed by atoms with Gasteiger partial charge >= 0.3 is 0 Å². The Bertz CT molecular complexity index is 1010. The molecule has 0 saturated carbocycles. The molecule has 1 aliphatic heterocycles. The summed E-state index contributed by atoms with van der Waals surface area (Å²) in [4.78, 5) is 14.2. The minimum atomic E-state index is -3.89. The van der Waals surface area contributed by atoms with E-state index in [9.17, 15) is 22.3 Å². The van der Waals surface area contributed by atoms with Crippen LogP contribution in [0.15, 0.2) is 58.3 Å². The molecular weight excluding hydrogens is 428 g/mol. The van der Waals surface area contributed by atoms with E-state index in [1.807, 2.05) is 19.0 Å². The van der Waals surface area contributed by atoms with E-state index >= 15 is 0 Å². The number of rotatable bonds is 8. The fourth-order valence-corrected chi connectivity index (χ4v) is 7.71. The second-order valence-corrected chi connectivity index (χ2v) is 11.5. The van der Waals surface area contributed by atoms with E-state index in [0.29, 0.717) is 13.1 Å². The first-order valence-corrected chi connectivity index (χ1v) is 12.6. The molecule has 164 valence electrons. The Balaban J connectivity index is 1.87. The zero-order chi connectivity index (χ0) is 21.9. The van der Waals surface area contributed by atoms with Crippen molar-refractivity contribution in [2.75, 3.05) is 39.5 Å². The highest BCUT2D eigenvalue weighted by molar-refractivity contribution is 8.25. The number of amides is 1. The van der Waals surface area contributed by atoms with Gasteiger partial charge in [0.25, 0.3) is 5.91 Å². The maximum absolute atomic E-state index is 13.2. The third-order valence-electron chi connectivity index (χ3n) is 4.77. The van der Waals surface area contributed by atoms with Crippen LogP contribution in [0.2, 0.25) is 0 Å². The predicted molar refractivity (Wildman–Crippen MR) is 116 cm³/mol. The molecule has 1 unspecified atom stereocenters. The standard InChI is InChI=1S/C20H26N2O6S2/c1-22(2)12-11-21-19(23)13-28-16-9-6-10-17-20(16)18(14-29(17,24)25)30(26,27)15-7-4-3-5-8-15/h3-10,18,24-25H,11-14H2,1-2H3,(H,21,23). The Morgan fingerprint density at radius 1 is 1.17 bits per heavy atom. The molecule has 2 aromatic carbocycles. The van der Waals surface area contributed by atoms with Crippen LogP contribution < -0.4 is 10.1 Å². The van der Waals surface area contributed by atoms with Crippen molar-refractivity contribution < 1.29 is 27.1 Å². The van der Waals surface area contributed by atoms with Gasteiger partial charge in [-0.3, -0.25) is 13.9 Å². The van der Waals surface area contributed by atoms with Crippen molar-refractivity contribution in [1.82, 2.24) is 10.2 Å². The van der Waals surface area contributed by atoms with Crippen LogP contribution in [0.1, 0.15) is 10.8 Å². The first kappa shape index (κ1) is 22.6. The Labute approximate surface area is 178 Å². The highest BCUT2D eigenvalue weighted by Crippen LogP contribution is 2.63. The van der Waals surface area contributed by atoms with E-state index in [0.717, 1.165) is 0 Å². The van der Waals surface area contributed by atoms with Crippen LogP contribution in [-0.4, -0.2) is 67.9 Å². The second kappa shape index (κ2) is 8.94. The van der Waals surface area contributed by atoms with Crippen molar-refractivity contribution in [3.05, 3.63) is 54.1 Å². The monoisotopic (exact) mass is 454 g/mol. The molecule has 0 spiro atoms. The molecule has 1 atom stereocenters. The fraction of sp³-hybridized carbons (Fsp3) is 0.350. The molecule has 2 aromatic rings. The molecule has 3 rings (SSSR count). The molecule has 1 heterocycles. The Hall–Kier alpha value is -2.11. The van der Waals surface area contributed by atoms with Gasteiger partial charge < -0.3 is 15.0 Å². The molecule has 0 saturated heterocycles. The highest BCUT2D eigenvalue weighted by Gasteiger charge is 2.45. The van der Waals surface area contributed by atoms with E-state index in [1.54, 1.807) is 30.3 Å². The van der Waals surface area contributed by atoms with E-state index in [2.05, 4.69) is 5.32 Å². The summed E-state index contributed by atoms with van der Waals surface area (Å²) in [5.41, 5.74) is 0.211. The molecule has 1 amide bonds. The molecule has 3 N–H and O–H groups in total. The van der Waals surface area contributed by atoms with Crippen molar-refractivity contribution in [2.24, 2.45) is 0 Å². The van der Waals surface area contributed by atoms with Gasteiger partial charge in [-0.25, -0.2) is 8.42 Å². The molecule has 0 bridgehead atoms. The number of sulfone groups is 1. The maximum atomic E-state index is 13.2. The quantitative estimate of drug-likeness (QED) is 0.561. The van der Waals surface area contributed by atoms with E-state index in [-0.39, 0.29) is 39.4 Å². The fourth-order valence-electron chi connectivity index (χ4n) is 3.27. The zero-order valence-corrected chi connectivity index (χ0v) is 18.4. The third kappa shape index (κ3) is 4.79. The van der Waals surface area contributed by atoms with E-state index < -0.39 is 25.7 Å². The zero-order valence-electron chi connectivity index (χ0n) is 16.8. The lowest BCUT2D eigenvalue weighted by Gasteiger charge is -2.27. The molecule has 30 heavy (non-hydrogen) atoms. The summed E-state index contributed by atoms with van der Waals surface area (Å²) in [6.45, 7) is 0.819. The van der Waals surface area contributed by atoms with E-state index in [1.165, 1.54) is 18.2 Å². The van der Waals surface area contributed by atoms with Gasteiger partial charge in [-0.15, -0.1) is 0 Å². The highest BCUT2D eigenvalue weighted by atomic mass is 32.3. The summed E-state index contributed by atoms with van der Waals surface area (Å²) >= 11 is 0. The Kier molecular flexibility index (Phi) is 6.73. The normalized spacial score (nSPS) is 18.6. The van der Waals surface area contributed by atoms with Crippen molar-refractivity contribution in [3.8, 4) is 5.75 Å². The van der Waals surface area contributed by atoms with Crippen molar-refractivity contribution in [1.29, 1.82) is 0 Å². The molecular formula is C20H26N2O6S2. The maximum Gasteiger partial charge on any atom is 0.257 e. The second-order valence-electron chi connectivity index (χ2n) is 7.29. The first-order valence-electron chi connectivity index (χ1n) is 9.35. The lowest BCUT2D eigenvalue weighted by molar-refractivity contribution is -0.123. The number of hydrogen-bond donors (Lipinski definition) is 3. The topological polar surface area (TPSA) is 116 Å². The number of fused-ring (bicyclic) bond motifs is 1. The lowest BCUT2D eigenvalue weighted by atomic mass is 10.1. The van der Waals surface area contributed by atoms with Gasteiger partial charge in [-0.2, -0.15) is 10.6 Å². The van der Waals surface area contributed by atoms with Crippen molar-refractivity contribution in [3.63, 3.8) is 0 Å². The summed E-state index contributed by atoms with van der Waals surface area (Å²) in [7, 11) is -3.41. The predicted octanol–water partition coefficient (Wildman–Crippen LogP) is 2.38. The molecule has 8 nitrogen and oxygen atoms in total. The summed E-state index contributed by atoms with van der Waals surface area (Å²) in [6, 6.07) is 12.5. The minimum Gasteiger partial charge on any atom is -0.483 e. The summed E-state index contributed by atoms with van der Waals surface area (Å²) in [6.07, 6.45) is 0. The number of nitrogens with one attached hydrogen (secondary N) is 1. The number of ether oxygens (including phenoxy) is 1. The van der Waals surface area contributed by atoms with Gasteiger partial charge in [0.05, 0.1) is 15.5 Å². The van der Waals surface area contributed by atoms with Crippen molar-refractivity contribution >= 4 is 26.3 Å². The number of nitrogens with zero attached hydrogens (tertiary/aromatic N) is 1. The number of likely N-dealkylation sites (N-methyl/N-ethyl adjacent to an activating group) is 1. The number of benzene rings is 2. The van der Waals surface area contributed by atoms with Crippen LogP contribution in [0.5, 0.6) is 5.75 Å². The van der Waals surface area contributed by atoms with Gasteiger partial charge in [0.15, 0.2) is 16.4 Å². The smallest absolute Gasteiger partial charge is 0.257 e. The van der Waals surface area contributed by atoms with Crippen LogP contribution in [0.3, 0.4) is 0 Å². The molecule has 0 aromatic heterocycles. The van der Waals surface area contributed by atoms with Gasteiger partial charge in [-0.1, -0.05) is 24.3 Å². The van der Waals surface area contributed by atoms with Crippen LogP contribution in [-0.2, 0) is 14.6 Å². The summed E-state index contributed by atoms with van der Waals surface area (Å²) < 4.78 is 53.2. The largest absolute Gasteiger partial charge is 0.483 e. The van der Waals surface area contributed by atoms with Gasteiger partial charge in [0.2, 0.25) is 0 Å². The molecule has 0 aliphatic carbocycles. The number of hydrogen-bond acceptors (Lipinski definition) is 7. The van der Waals surface area contributed by atoms with Gasteiger partial charge in [0.1, 0.15) is 11.0 Å². The lowest BCUT2D eigenvalue weighted by Crippen LogP contribution is -2.34. The van der Waals surface area contributed by atoms with E-state index in [4.69, 9.17) is 4.74 Å². The molecule has 10 heteroatoms. The van der Waals surface area contributed by atoms with Crippen LogP contribution in [0.25, 0.3) is 0 Å². The Morgan fingerprint density at radius 2 is 1.87 bits per heavy atom. The Morgan fingerprint density at radius 3 is 2.53 bits per heavy atom. The third-order valence-corrected chi connectivity index (χ3v) is 8.92. The van der Waals surface area contributed by atoms with Gasteiger partial charge in [-0.05, 0) is 38.4 Å². The SMILES string of the molecule is CN(C)CCNC(=O)COc1cccc2c1C(S(=O)(=O)c1ccccc1)CS2(O)O. The first-order chi connectivity index (χ1) is 14.1. The molecule has 0 fully saturated rings. The van der Waals surface area contributed by atoms with Crippen LogP contribution >= 0.6 is 10.6 Å². The number of carbonyl (C=O) groups is 1. The summed E-state index contributed by atoms with van der Waals surface area (Å²) in [5, 5.41) is 1.54. The molecule has 1 aliphatic rings. The summed E-state index contributed by atoms with van der Waals surface area (Å²) in [5.74, 6) is -0.520. The van der Waals surface area contributed by atoms with Crippen molar-refractivity contribution in [2.45, 2.75) is 15.0 Å². The average molecular weight is 455 g/mol. The minimum absolute atomic E-state index is 0.0919. The molecule has 0 radical (unpaired) electrons. The average Bonchev–Trinajstić information content (AvgIpc) is 2.99. The number of carbonyl (C=O) groups excluding carboxylic acids is 1. The van der Waals surface area contributed by atoms with Gasteiger partial charge in [0, 0.05) is 18.7 Å². The van der Waals surface area contributed by atoms with Crippen LogP contribution in [0, 0.1) is 0 Å².